The number of aliphatic hydroxyl groups excluding tert-OH is 7. The second-order valence-electron chi connectivity index (χ2n) is 9.65. The summed E-state index contributed by atoms with van der Waals surface area (Å²) in [7, 11) is 0. The van der Waals surface area contributed by atoms with Crippen LogP contribution in [0.1, 0.15) is 11.7 Å². The van der Waals surface area contributed by atoms with Crippen molar-refractivity contribution in [3.8, 4) is 28.6 Å². The highest BCUT2D eigenvalue weighted by atomic mass is 16.7. The Morgan fingerprint density at radius 3 is 2.25 bits per heavy atom. The van der Waals surface area contributed by atoms with Gasteiger partial charge < -0.3 is 64.6 Å². The van der Waals surface area contributed by atoms with E-state index in [2.05, 4.69) is 0 Å². The molecule has 3 heterocycles. The molecule has 2 aliphatic heterocycles. The van der Waals surface area contributed by atoms with Crippen LogP contribution in [0.25, 0.3) is 22.3 Å². The Morgan fingerprint density at radius 1 is 0.875 bits per heavy atom. The smallest absolute Gasteiger partial charge is 0.228 e. The van der Waals surface area contributed by atoms with Crippen LogP contribution >= 0.6 is 0 Å². The molecule has 14 heteroatoms. The minimum absolute atomic E-state index is 0.0252. The number of aromatic hydroxyl groups is 2. The summed E-state index contributed by atoms with van der Waals surface area (Å²) >= 11 is 0. The Kier molecular flexibility index (Phi) is 7.71. The van der Waals surface area contributed by atoms with Crippen molar-refractivity contribution >= 4 is 11.0 Å². The maximum absolute atomic E-state index is 13.2. The molecule has 5 rings (SSSR count). The lowest BCUT2D eigenvalue weighted by Crippen LogP contribution is -2.56. The number of rotatable bonds is 5. The van der Waals surface area contributed by atoms with Crippen LogP contribution in [-0.4, -0.2) is 108 Å². The van der Waals surface area contributed by atoms with Crippen LogP contribution in [0.4, 0.5) is 0 Å². The first-order chi connectivity index (χ1) is 19.0. The maximum atomic E-state index is 13.2. The lowest BCUT2D eigenvalue weighted by molar-refractivity contribution is -0.245. The zero-order chi connectivity index (χ0) is 28.9. The van der Waals surface area contributed by atoms with Crippen LogP contribution in [-0.2, 0) is 9.47 Å². The van der Waals surface area contributed by atoms with Crippen molar-refractivity contribution in [1.29, 1.82) is 0 Å². The molecule has 2 aromatic carbocycles. The van der Waals surface area contributed by atoms with Gasteiger partial charge in [0, 0.05) is 17.7 Å². The Labute approximate surface area is 225 Å². The molecule has 2 saturated heterocycles. The fourth-order valence-corrected chi connectivity index (χ4v) is 4.78. The van der Waals surface area contributed by atoms with E-state index < -0.39 is 85.1 Å². The maximum Gasteiger partial charge on any atom is 0.228 e. The highest BCUT2D eigenvalue weighted by Gasteiger charge is 2.47. The molecule has 9 N–H and O–H groups in total. The summed E-state index contributed by atoms with van der Waals surface area (Å²) in [6.07, 6.45) is -15.0. The van der Waals surface area contributed by atoms with Crippen molar-refractivity contribution in [3.05, 3.63) is 52.2 Å². The molecule has 0 unspecified atom stereocenters. The third-order valence-corrected chi connectivity index (χ3v) is 7.02. The normalized spacial score (nSPS) is 32.7. The van der Waals surface area contributed by atoms with Crippen molar-refractivity contribution in [2.24, 2.45) is 0 Å². The fraction of sp³-hybridized carbons (Fsp3) is 0.423. The summed E-state index contributed by atoms with van der Waals surface area (Å²) in [6.45, 7) is -1.21. The van der Waals surface area contributed by atoms with Gasteiger partial charge in [-0.05, 0) is 24.3 Å². The topological polar surface area (TPSA) is 240 Å². The van der Waals surface area contributed by atoms with E-state index in [0.717, 1.165) is 12.1 Å². The summed E-state index contributed by atoms with van der Waals surface area (Å²) in [5.74, 6) is -1.15. The Bertz CT molecular complexity index is 1420. The van der Waals surface area contributed by atoms with Gasteiger partial charge >= 0.3 is 0 Å². The first kappa shape index (κ1) is 28.2. The number of benzene rings is 2. The quantitative estimate of drug-likeness (QED) is 0.166. The molecule has 2 aliphatic rings. The van der Waals surface area contributed by atoms with E-state index in [1.807, 2.05) is 0 Å². The molecule has 1 aromatic heterocycles. The van der Waals surface area contributed by atoms with E-state index in [9.17, 15) is 50.8 Å². The van der Waals surface area contributed by atoms with Gasteiger partial charge in [-0.1, -0.05) is 0 Å². The molecule has 9 atom stereocenters. The highest BCUT2D eigenvalue weighted by molar-refractivity contribution is 5.88. The minimum Gasteiger partial charge on any atom is -0.508 e. The van der Waals surface area contributed by atoms with Crippen molar-refractivity contribution in [1.82, 2.24) is 0 Å². The van der Waals surface area contributed by atoms with Crippen molar-refractivity contribution in [2.45, 2.75) is 55.1 Å². The van der Waals surface area contributed by atoms with E-state index in [-0.39, 0.29) is 28.2 Å². The Morgan fingerprint density at radius 2 is 1.57 bits per heavy atom. The summed E-state index contributed by atoms with van der Waals surface area (Å²) in [6, 6.07) is 7.92. The molecule has 0 aliphatic carbocycles. The van der Waals surface area contributed by atoms with Gasteiger partial charge in [-0.15, -0.1) is 0 Å². The van der Waals surface area contributed by atoms with E-state index in [1.54, 1.807) is 0 Å². The molecule has 0 amide bonds. The predicted octanol–water partition coefficient (Wildman–Crippen LogP) is -1.80. The zero-order valence-corrected chi connectivity index (χ0v) is 20.6. The van der Waals surface area contributed by atoms with Gasteiger partial charge in [-0.2, -0.15) is 0 Å². The Balaban J connectivity index is 1.68. The minimum atomic E-state index is -1.89. The molecular formula is C26H28O14. The number of fused-ring (bicyclic) bond motifs is 1. The van der Waals surface area contributed by atoms with E-state index >= 15 is 0 Å². The molecule has 0 bridgehead atoms. The molecule has 0 spiro atoms. The van der Waals surface area contributed by atoms with Gasteiger partial charge in [-0.3, -0.25) is 4.79 Å². The summed E-state index contributed by atoms with van der Waals surface area (Å²) < 4.78 is 22.5. The monoisotopic (exact) mass is 564 g/mol. The largest absolute Gasteiger partial charge is 0.508 e. The van der Waals surface area contributed by atoms with Gasteiger partial charge in [0.1, 0.15) is 82.8 Å². The van der Waals surface area contributed by atoms with E-state index in [0.29, 0.717) is 5.56 Å². The van der Waals surface area contributed by atoms with Crippen molar-refractivity contribution in [3.63, 3.8) is 0 Å². The summed E-state index contributed by atoms with van der Waals surface area (Å²) in [4.78, 5) is 13.2. The predicted molar refractivity (Wildman–Crippen MR) is 132 cm³/mol. The summed E-state index contributed by atoms with van der Waals surface area (Å²) in [5.41, 5.74) is -0.959. The lowest BCUT2D eigenvalue weighted by atomic mass is 9.89. The number of ether oxygens (including phenoxy) is 3. The fourth-order valence-electron chi connectivity index (χ4n) is 4.78. The molecule has 2 fully saturated rings. The zero-order valence-electron chi connectivity index (χ0n) is 20.6. The standard InChI is InChI=1S/C26H28O14/c27-7-16-20(32)22(34)23(35)25(39-16)18-15(40-26-24(36)19(31)12(30)8-37-26)6-14-17(21(18)33)11(29)5-13(38-14)9-1-3-10(28)4-2-9/h1-6,12,16,19-20,22-28,30-36H,7-8H2/t12-,16+,19-,20+,22-,23-,24-,25-,26-/m0/s1. The number of hydrogen-bond donors (Lipinski definition) is 9. The molecular weight excluding hydrogens is 536 g/mol. The molecule has 216 valence electrons. The van der Waals surface area contributed by atoms with Gasteiger partial charge in [0.25, 0.3) is 0 Å². The third-order valence-electron chi connectivity index (χ3n) is 7.02. The van der Waals surface area contributed by atoms with Crippen LogP contribution in [0.2, 0.25) is 0 Å². The highest BCUT2D eigenvalue weighted by Crippen LogP contribution is 2.46. The first-order valence-electron chi connectivity index (χ1n) is 12.3. The molecule has 3 aromatic rings. The van der Waals surface area contributed by atoms with Gasteiger partial charge in [0.05, 0.1) is 18.8 Å². The average molecular weight is 564 g/mol. The third kappa shape index (κ3) is 4.89. The van der Waals surface area contributed by atoms with Gasteiger partial charge in [-0.25, -0.2) is 0 Å². The van der Waals surface area contributed by atoms with Crippen LogP contribution in [0.15, 0.2) is 45.6 Å². The number of hydrogen-bond acceptors (Lipinski definition) is 14. The van der Waals surface area contributed by atoms with Crippen LogP contribution in [0.5, 0.6) is 17.2 Å². The van der Waals surface area contributed by atoms with Crippen molar-refractivity contribution < 1.29 is 64.6 Å². The lowest BCUT2D eigenvalue weighted by Gasteiger charge is -2.41. The second kappa shape index (κ2) is 10.9. The number of aliphatic hydroxyl groups is 7. The first-order valence-corrected chi connectivity index (χ1v) is 12.3. The average Bonchev–Trinajstić information content (AvgIpc) is 2.93. The molecule has 40 heavy (non-hydrogen) atoms. The number of phenolic OH excluding ortho intramolecular Hbond substituents is 2. The molecule has 0 saturated carbocycles. The number of phenols is 2. The van der Waals surface area contributed by atoms with Gasteiger partial charge in [0.15, 0.2) is 5.43 Å². The van der Waals surface area contributed by atoms with Crippen LogP contribution < -0.4 is 10.2 Å². The summed E-state index contributed by atoms with van der Waals surface area (Å²) in [5, 5.41) is 91.8. The SMILES string of the molecule is O=c1cc(-c2ccc(O)cc2)oc2cc(O[C@@H]3OC[C@H](O)[C@H](O)[C@@H]3O)c([C@@H]3O[C@H](CO)[C@@H](O)[C@H](O)[C@@H]3O)c(O)c12. The van der Waals surface area contributed by atoms with Crippen molar-refractivity contribution in [2.75, 3.05) is 13.2 Å². The van der Waals surface area contributed by atoms with E-state index in [4.69, 9.17) is 18.6 Å². The van der Waals surface area contributed by atoms with Crippen LogP contribution in [0.3, 0.4) is 0 Å². The van der Waals surface area contributed by atoms with E-state index in [1.165, 1.54) is 24.3 Å². The Hall–Kier alpha value is -3.31. The molecule has 0 radical (unpaired) electrons. The van der Waals surface area contributed by atoms with Crippen LogP contribution in [0, 0.1) is 0 Å². The van der Waals surface area contributed by atoms with Gasteiger partial charge in [0.2, 0.25) is 6.29 Å². The molecule has 14 nitrogen and oxygen atoms in total. The second-order valence-corrected chi connectivity index (χ2v) is 9.65.